The molecular weight excluding hydrogens is 490 g/mol. The van der Waals surface area contributed by atoms with Gasteiger partial charge in [0.15, 0.2) is 11.2 Å². The number of benzene rings is 2. The Morgan fingerprint density at radius 3 is 2.66 bits per heavy atom. The molecule has 1 aliphatic rings. The minimum atomic E-state index is -3.81. The van der Waals surface area contributed by atoms with Crippen LogP contribution in [0.4, 0.5) is 0 Å². The van der Waals surface area contributed by atoms with Gasteiger partial charge in [-0.1, -0.05) is 41.1 Å². The molecule has 0 radical (unpaired) electrons. The van der Waals surface area contributed by atoms with E-state index >= 15 is 0 Å². The van der Waals surface area contributed by atoms with Gasteiger partial charge in [0.2, 0.25) is 10.0 Å². The zero-order valence-corrected chi connectivity index (χ0v) is 20.0. The first-order valence-electron chi connectivity index (χ1n) is 10.9. The molecule has 1 fully saturated rings. The lowest BCUT2D eigenvalue weighted by Gasteiger charge is -2.30. The minimum Gasteiger partial charge on any atom is -0.308 e. The molecule has 0 bridgehead atoms. The Balaban J connectivity index is 1.38. The lowest BCUT2D eigenvalue weighted by molar-refractivity contribution is 0.313. The molecule has 1 N–H and O–H groups in total. The van der Waals surface area contributed by atoms with E-state index in [4.69, 9.17) is 11.6 Å². The van der Waals surface area contributed by atoms with Crippen molar-refractivity contribution in [3.05, 3.63) is 80.9 Å². The molecule has 0 unspecified atom stereocenters. The summed E-state index contributed by atoms with van der Waals surface area (Å²) in [5, 5.41) is 18.0. The normalized spacial score (nSPS) is 15.3. The molecule has 4 aromatic rings. The van der Waals surface area contributed by atoms with E-state index in [9.17, 15) is 18.5 Å². The Bertz CT molecular complexity index is 1620. The summed E-state index contributed by atoms with van der Waals surface area (Å²) >= 11 is 6.08. The van der Waals surface area contributed by atoms with Gasteiger partial charge in [-0.05, 0) is 42.7 Å². The molecule has 12 heteroatoms. The van der Waals surface area contributed by atoms with Crippen LogP contribution in [-0.2, 0) is 16.6 Å². The summed E-state index contributed by atoms with van der Waals surface area (Å²) < 4.78 is 29.2. The van der Waals surface area contributed by atoms with E-state index in [1.165, 1.54) is 16.4 Å². The maximum absolute atomic E-state index is 13.1. The molecule has 10 nitrogen and oxygen atoms in total. The predicted molar refractivity (Wildman–Crippen MR) is 128 cm³/mol. The van der Waals surface area contributed by atoms with E-state index < -0.39 is 10.0 Å². The molecule has 0 saturated carbocycles. The quantitative estimate of drug-likeness (QED) is 0.436. The van der Waals surface area contributed by atoms with Gasteiger partial charge in [-0.15, -0.1) is 5.10 Å². The number of nitrogens with zero attached hydrogens (tertiary/aromatic N) is 6. The zero-order chi connectivity index (χ0) is 24.6. The van der Waals surface area contributed by atoms with Gasteiger partial charge in [0.05, 0.1) is 17.0 Å². The van der Waals surface area contributed by atoms with Gasteiger partial charge in [-0.3, -0.25) is 4.79 Å². The molecule has 0 spiro atoms. The van der Waals surface area contributed by atoms with Crippen molar-refractivity contribution >= 4 is 32.8 Å². The molecule has 5 rings (SSSR count). The average Bonchev–Trinajstić information content (AvgIpc) is 3.27. The average molecular weight is 510 g/mol. The molecular formula is C23H20ClN7O3S. The van der Waals surface area contributed by atoms with Gasteiger partial charge >= 0.3 is 0 Å². The van der Waals surface area contributed by atoms with Gasteiger partial charge in [0.25, 0.3) is 5.56 Å². The van der Waals surface area contributed by atoms with Crippen LogP contribution < -0.4 is 5.56 Å². The van der Waals surface area contributed by atoms with Crippen LogP contribution in [0.3, 0.4) is 0 Å². The molecule has 0 amide bonds. The smallest absolute Gasteiger partial charge is 0.281 e. The first kappa shape index (κ1) is 23.2. The molecule has 0 atom stereocenters. The van der Waals surface area contributed by atoms with E-state index in [-0.39, 0.29) is 40.5 Å². The molecule has 0 aliphatic carbocycles. The monoisotopic (exact) mass is 509 g/mol. The minimum absolute atomic E-state index is 0.00453. The fraction of sp³-hybridized carbons (Fsp3) is 0.261. The van der Waals surface area contributed by atoms with E-state index in [1.807, 2.05) is 24.3 Å². The number of H-pyrrole nitrogens is 1. The number of hydrogen-bond donors (Lipinski definition) is 1. The van der Waals surface area contributed by atoms with Gasteiger partial charge in [0, 0.05) is 24.0 Å². The Labute approximate surface area is 205 Å². The Kier molecular flexibility index (Phi) is 6.10. The Morgan fingerprint density at radius 2 is 1.91 bits per heavy atom. The first-order valence-corrected chi connectivity index (χ1v) is 12.8. The second kappa shape index (κ2) is 9.22. The van der Waals surface area contributed by atoms with Gasteiger partial charge in [-0.2, -0.15) is 9.57 Å². The number of nitrogens with one attached hydrogen (secondary N) is 1. The molecule has 1 aliphatic heterocycles. The lowest BCUT2D eigenvalue weighted by atomic mass is 9.97. The highest BCUT2D eigenvalue weighted by Crippen LogP contribution is 2.30. The van der Waals surface area contributed by atoms with Crippen molar-refractivity contribution < 1.29 is 8.42 Å². The number of hydrogen-bond acceptors (Lipinski definition) is 7. The maximum atomic E-state index is 13.1. The van der Waals surface area contributed by atoms with Crippen LogP contribution in [0.5, 0.6) is 0 Å². The summed E-state index contributed by atoms with van der Waals surface area (Å²) in [5.41, 5.74) is 1.13. The van der Waals surface area contributed by atoms with Crippen molar-refractivity contribution in [1.29, 1.82) is 5.26 Å². The van der Waals surface area contributed by atoms with Crippen molar-refractivity contribution in [2.45, 2.75) is 30.2 Å². The van der Waals surface area contributed by atoms with Crippen molar-refractivity contribution in [3.63, 3.8) is 0 Å². The number of aromatic nitrogens is 5. The third-order valence-corrected chi connectivity index (χ3v) is 8.27. The molecule has 3 heterocycles. The highest BCUT2D eigenvalue weighted by molar-refractivity contribution is 7.89. The number of piperidine rings is 1. The highest BCUT2D eigenvalue weighted by Gasteiger charge is 2.32. The Hall–Kier alpha value is -3.59. The van der Waals surface area contributed by atoms with Crippen molar-refractivity contribution in [2.75, 3.05) is 13.1 Å². The number of aromatic amines is 1. The van der Waals surface area contributed by atoms with E-state index in [1.54, 1.807) is 22.9 Å². The second-order valence-corrected chi connectivity index (χ2v) is 10.6. The predicted octanol–water partition coefficient (Wildman–Crippen LogP) is 2.66. The number of sulfonamides is 1. The maximum Gasteiger partial charge on any atom is 0.281 e. The molecule has 35 heavy (non-hydrogen) atoms. The number of halogens is 1. The van der Waals surface area contributed by atoms with E-state index in [0.717, 1.165) is 5.56 Å². The topological polar surface area (TPSA) is 138 Å². The summed E-state index contributed by atoms with van der Waals surface area (Å²) in [6, 6.07) is 15.4. The van der Waals surface area contributed by atoms with Crippen LogP contribution in [0.15, 0.2) is 58.2 Å². The van der Waals surface area contributed by atoms with Crippen LogP contribution in [0.1, 0.15) is 35.7 Å². The zero-order valence-electron chi connectivity index (χ0n) is 18.4. The largest absolute Gasteiger partial charge is 0.308 e. The number of rotatable bonds is 5. The first-order chi connectivity index (χ1) is 16.9. The third-order valence-electron chi connectivity index (χ3n) is 6.08. The van der Waals surface area contributed by atoms with Crippen LogP contribution in [0.25, 0.3) is 11.2 Å². The van der Waals surface area contributed by atoms with Crippen molar-refractivity contribution in [2.24, 2.45) is 0 Å². The van der Waals surface area contributed by atoms with Crippen molar-refractivity contribution in [3.8, 4) is 6.07 Å². The van der Waals surface area contributed by atoms with E-state index in [2.05, 4.69) is 20.3 Å². The lowest BCUT2D eigenvalue weighted by Crippen LogP contribution is -2.38. The SMILES string of the molecule is N#Cc1ccccc1S(=O)(=O)N1CCC(c2nc3c(nnn3Cc3cccc(Cl)c3)c(=O)[nH]2)CC1. The van der Waals surface area contributed by atoms with Crippen molar-refractivity contribution in [1.82, 2.24) is 29.3 Å². The summed E-state index contributed by atoms with van der Waals surface area (Å²) in [7, 11) is -3.81. The summed E-state index contributed by atoms with van der Waals surface area (Å²) in [6.45, 7) is 0.838. The third kappa shape index (κ3) is 4.43. The van der Waals surface area contributed by atoms with Crippen LogP contribution >= 0.6 is 11.6 Å². The fourth-order valence-corrected chi connectivity index (χ4v) is 6.11. The summed E-state index contributed by atoms with van der Waals surface area (Å²) in [6.07, 6.45) is 0.941. The molecule has 1 saturated heterocycles. The van der Waals surface area contributed by atoms with Crippen LogP contribution in [0.2, 0.25) is 5.02 Å². The molecule has 2 aromatic heterocycles. The van der Waals surface area contributed by atoms with Crippen LogP contribution in [-0.4, -0.2) is 50.8 Å². The Morgan fingerprint density at radius 1 is 1.14 bits per heavy atom. The van der Waals surface area contributed by atoms with Gasteiger partial charge in [0.1, 0.15) is 11.9 Å². The number of fused-ring (bicyclic) bond motifs is 1. The summed E-state index contributed by atoms with van der Waals surface area (Å²) in [4.78, 5) is 20.1. The van der Waals surface area contributed by atoms with Gasteiger partial charge in [-0.25, -0.2) is 18.1 Å². The fourth-order valence-electron chi connectivity index (χ4n) is 4.28. The molecule has 2 aromatic carbocycles. The summed E-state index contributed by atoms with van der Waals surface area (Å²) in [5.74, 6) is 0.339. The number of nitriles is 1. The standard InChI is InChI=1S/C23H20ClN7O3S/c24-18-6-3-4-15(12-18)14-31-22-20(28-29-31)23(32)27-21(26-22)16-8-10-30(11-9-16)35(33,34)19-7-2-1-5-17(19)13-25/h1-7,12,16H,8-11,14H2,(H,26,27,32). The van der Waals surface area contributed by atoms with Crippen LogP contribution in [0, 0.1) is 11.3 Å². The highest BCUT2D eigenvalue weighted by atomic mass is 35.5. The molecule has 178 valence electrons. The second-order valence-electron chi connectivity index (χ2n) is 8.29. The van der Waals surface area contributed by atoms with E-state index in [0.29, 0.717) is 35.9 Å². The van der Waals surface area contributed by atoms with Gasteiger partial charge < -0.3 is 4.98 Å².